The van der Waals surface area contributed by atoms with Crippen LogP contribution < -0.4 is 5.32 Å². The molecule has 2 heterocycles. The van der Waals surface area contributed by atoms with E-state index in [0.717, 1.165) is 23.0 Å². The molecule has 0 saturated carbocycles. The van der Waals surface area contributed by atoms with Gasteiger partial charge in [-0.2, -0.15) is 18.3 Å². The number of nitro benzene ring substituents is 1. The number of aromatic nitrogens is 3. The first-order chi connectivity index (χ1) is 13.2. The quantitative estimate of drug-likeness (QED) is 0.413. The van der Waals surface area contributed by atoms with Crippen LogP contribution in [-0.2, 0) is 6.18 Å². The van der Waals surface area contributed by atoms with Crippen LogP contribution in [0.4, 0.5) is 28.9 Å². The van der Waals surface area contributed by atoms with Gasteiger partial charge in [-0.1, -0.05) is 6.07 Å². The minimum atomic E-state index is -4.93. The highest BCUT2D eigenvalue weighted by Crippen LogP contribution is 2.34. The molecule has 2 aromatic heterocycles. The number of carbonyl (C=O) groups is 1. The Labute approximate surface area is 153 Å². The summed E-state index contributed by atoms with van der Waals surface area (Å²) in [5.74, 6) is -2.21. The van der Waals surface area contributed by atoms with Crippen LogP contribution in [0.1, 0.15) is 16.1 Å². The lowest BCUT2D eigenvalue weighted by Gasteiger charge is -2.08. The molecule has 0 aliphatic rings. The Kier molecular flexibility index (Phi) is 4.78. The number of pyridine rings is 1. The van der Waals surface area contributed by atoms with Crippen molar-refractivity contribution in [3.8, 4) is 5.82 Å². The normalized spacial score (nSPS) is 11.3. The molecule has 0 aliphatic carbocycles. The first-order valence-electron chi connectivity index (χ1n) is 7.50. The van der Waals surface area contributed by atoms with Crippen molar-refractivity contribution in [1.82, 2.24) is 14.8 Å². The second kappa shape index (κ2) is 7.06. The van der Waals surface area contributed by atoms with Gasteiger partial charge < -0.3 is 5.32 Å². The highest BCUT2D eigenvalue weighted by molar-refractivity contribution is 6.07. The van der Waals surface area contributed by atoms with Gasteiger partial charge in [-0.05, 0) is 24.3 Å². The van der Waals surface area contributed by atoms with E-state index < -0.39 is 45.5 Å². The molecule has 0 radical (unpaired) electrons. The van der Waals surface area contributed by atoms with E-state index in [4.69, 9.17) is 0 Å². The van der Waals surface area contributed by atoms with Crippen molar-refractivity contribution in [2.24, 2.45) is 0 Å². The summed E-state index contributed by atoms with van der Waals surface area (Å²) in [5, 5.41) is 16.3. The number of rotatable bonds is 4. The lowest BCUT2D eigenvalue weighted by molar-refractivity contribution is -0.385. The fraction of sp³-hybridized carbons (Fsp3) is 0.0625. The molecule has 0 fully saturated rings. The fourth-order valence-corrected chi connectivity index (χ4v) is 2.32. The molecule has 8 nitrogen and oxygen atoms in total. The summed E-state index contributed by atoms with van der Waals surface area (Å²) in [7, 11) is 0. The minimum Gasteiger partial charge on any atom is -0.319 e. The highest BCUT2D eigenvalue weighted by Gasteiger charge is 2.38. The second-order valence-electron chi connectivity index (χ2n) is 5.39. The van der Waals surface area contributed by atoms with Crippen molar-refractivity contribution in [2.75, 3.05) is 5.32 Å². The second-order valence-corrected chi connectivity index (χ2v) is 5.39. The molecule has 1 aromatic carbocycles. The molecule has 3 aromatic rings. The minimum absolute atomic E-state index is 0.0465. The first kappa shape index (κ1) is 18.9. The fourth-order valence-electron chi connectivity index (χ4n) is 2.32. The van der Waals surface area contributed by atoms with Gasteiger partial charge in [-0.15, -0.1) is 0 Å². The van der Waals surface area contributed by atoms with Gasteiger partial charge in [0.05, 0.1) is 16.8 Å². The summed E-state index contributed by atoms with van der Waals surface area (Å²) in [6, 6.07) is 6.51. The molecule has 0 atom stereocenters. The number of hydrogen-bond acceptors (Lipinski definition) is 5. The molecule has 1 amide bonds. The number of alkyl halides is 3. The molecule has 3 rings (SSSR count). The van der Waals surface area contributed by atoms with Crippen molar-refractivity contribution in [3.63, 3.8) is 0 Å². The van der Waals surface area contributed by atoms with Gasteiger partial charge in [0, 0.05) is 12.3 Å². The molecule has 0 aliphatic heterocycles. The number of anilines is 1. The van der Waals surface area contributed by atoms with Crippen LogP contribution in [0, 0.1) is 15.9 Å². The van der Waals surface area contributed by atoms with E-state index in [2.05, 4.69) is 10.1 Å². The predicted molar refractivity (Wildman–Crippen MR) is 87.4 cm³/mol. The van der Waals surface area contributed by atoms with Crippen molar-refractivity contribution in [2.45, 2.75) is 6.18 Å². The maximum absolute atomic E-state index is 13.4. The number of nitrogens with zero attached hydrogens (tertiary/aromatic N) is 4. The van der Waals surface area contributed by atoms with Crippen molar-refractivity contribution >= 4 is 17.3 Å². The number of amides is 1. The Morgan fingerprint density at radius 2 is 1.96 bits per heavy atom. The first-order valence-corrected chi connectivity index (χ1v) is 7.50. The van der Waals surface area contributed by atoms with Gasteiger partial charge in [0.2, 0.25) is 0 Å². The van der Waals surface area contributed by atoms with Gasteiger partial charge in [0.15, 0.2) is 11.5 Å². The number of nitro groups is 1. The van der Waals surface area contributed by atoms with Crippen LogP contribution in [0.15, 0.2) is 48.8 Å². The third-order valence-corrected chi connectivity index (χ3v) is 3.51. The van der Waals surface area contributed by atoms with E-state index >= 15 is 0 Å². The van der Waals surface area contributed by atoms with Crippen LogP contribution >= 0.6 is 0 Å². The predicted octanol–water partition coefficient (Wildman–Crippen LogP) is 3.59. The van der Waals surface area contributed by atoms with E-state index in [1.165, 1.54) is 18.3 Å². The molecule has 144 valence electrons. The number of halogens is 4. The lowest BCUT2D eigenvalue weighted by atomic mass is 10.1. The standard InChI is InChI=1S/C16H9F4N5O3/c17-9-4-5-12(25(27)28)10(7-9)15(26)22-11-8-24(13-3-1-2-6-21-13)23-14(11)16(18,19)20/h1-8H,(H,22,26). The van der Waals surface area contributed by atoms with Gasteiger partial charge in [-0.3, -0.25) is 14.9 Å². The highest BCUT2D eigenvalue weighted by atomic mass is 19.4. The average molecular weight is 395 g/mol. The maximum atomic E-state index is 13.4. The molecule has 0 spiro atoms. The summed E-state index contributed by atoms with van der Waals surface area (Å²) >= 11 is 0. The third kappa shape index (κ3) is 3.79. The summed E-state index contributed by atoms with van der Waals surface area (Å²) < 4.78 is 54.0. The molecule has 0 saturated heterocycles. The van der Waals surface area contributed by atoms with E-state index in [-0.39, 0.29) is 5.82 Å². The topological polar surface area (TPSA) is 103 Å². The van der Waals surface area contributed by atoms with Crippen molar-refractivity contribution in [1.29, 1.82) is 0 Å². The maximum Gasteiger partial charge on any atom is 0.437 e. The van der Waals surface area contributed by atoms with Gasteiger partial charge >= 0.3 is 6.18 Å². The zero-order valence-corrected chi connectivity index (χ0v) is 13.6. The van der Waals surface area contributed by atoms with Crippen molar-refractivity contribution in [3.05, 3.63) is 76.0 Å². The van der Waals surface area contributed by atoms with E-state index in [1.807, 2.05) is 5.32 Å². The largest absolute Gasteiger partial charge is 0.437 e. The molecule has 12 heteroatoms. The Bertz CT molecular complexity index is 1050. The third-order valence-electron chi connectivity index (χ3n) is 3.51. The van der Waals surface area contributed by atoms with Crippen LogP contribution in [0.3, 0.4) is 0 Å². The van der Waals surface area contributed by atoms with E-state index in [1.54, 1.807) is 6.07 Å². The number of benzene rings is 1. The zero-order chi connectivity index (χ0) is 20.5. The Balaban J connectivity index is 2.03. The lowest BCUT2D eigenvalue weighted by Crippen LogP contribution is -2.17. The smallest absolute Gasteiger partial charge is 0.319 e. The Morgan fingerprint density at radius 3 is 2.57 bits per heavy atom. The molecular weight excluding hydrogens is 386 g/mol. The van der Waals surface area contributed by atoms with Gasteiger partial charge in [-0.25, -0.2) is 14.1 Å². The van der Waals surface area contributed by atoms with E-state index in [0.29, 0.717) is 6.07 Å². The number of hydrogen-bond donors (Lipinski definition) is 1. The SMILES string of the molecule is O=C(Nc1cn(-c2ccccn2)nc1C(F)(F)F)c1cc(F)ccc1[N+](=O)[O-]. The number of nitrogens with one attached hydrogen (secondary N) is 1. The van der Waals surface area contributed by atoms with Crippen LogP contribution in [0.2, 0.25) is 0 Å². The summed E-state index contributed by atoms with van der Waals surface area (Å²) in [5.41, 5.74) is -3.69. The van der Waals surface area contributed by atoms with Crippen LogP contribution in [0.5, 0.6) is 0 Å². The number of carbonyl (C=O) groups excluding carboxylic acids is 1. The van der Waals surface area contributed by atoms with Crippen molar-refractivity contribution < 1.29 is 27.3 Å². The Hall–Kier alpha value is -3.83. The summed E-state index contributed by atoms with van der Waals surface area (Å²) in [6.45, 7) is 0. The van der Waals surface area contributed by atoms with Gasteiger partial charge in [0.25, 0.3) is 11.6 Å². The zero-order valence-electron chi connectivity index (χ0n) is 13.6. The summed E-state index contributed by atoms with van der Waals surface area (Å²) in [4.78, 5) is 26.2. The van der Waals surface area contributed by atoms with Gasteiger partial charge in [0.1, 0.15) is 11.4 Å². The average Bonchev–Trinajstić information content (AvgIpc) is 3.06. The molecule has 0 unspecified atom stereocenters. The summed E-state index contributed by atoms with van der Waals surface area (Å²) in [6.07, 6.45) is -2.75. The monoisotopic (exact) mass is 395 g/mol. The van der Waals surface area contributed by atoms with Crippen LogP contribution in [0.25, 0.3) is 5.82 Å². The molecule has 1 N–H and O–H groups in total. The molecular formula is C16H9F4N5O3. The Morgan fingerprint density at radius 1 is 1.21 bits per heavy atom. The van der Waals surface area contributed by atoms with E-state index in [9.17, 15) is 32.5 Å². The molecule has 0 bridgehead atoms. The molecule has 28 heavy (non-hydrogen) atoms. The van der Waals surface area contributed by atoms with Crippen LogP contribution in [-0.4, -0.2) is 25.6 Å².